The van der Waals surface area contributed by atoms with E-state index in [2.05, 4.69) is 4.98 Å². The number of hydrogen-bond acceptors (Lipinski definition) is 5. The molecule has 1 saturated heterocycles. The van der Waals surface area contributed by atoms with Crippen molar-refractivity contribution in [3.8, 4) is 5.88 Å². The molecule has 0 radical (unpaired) electrons. The molecule has 1 aliphatic rings. The number of H-pyrrole nitrogens is 1. The van der Waals surface area contributed by atoms with Crippen LogP contribution in [0, 0.1) is 0 Å². The first-order chi connectivity index (χ1) is 9.47. The second-order valence-corrected chi connectivity index (χ2v) is 4.48. The SMILES string of the molecule is N/C(=C\C=C(/N)N1CCCC1=O)c1cc(O)[nH]c(=O)c1. The van der Waals surface area contributed by atoms with Crippen molar-refractivity contribution in [1.29, 1.82) is 0 Å². The van der Waals surface area contributed by atoms with Crippen LogP contribution in [0.5, 0.6) is 5.88 Å². The summed E-state index contributed by atoms with van der Waals surface area (Å²) in [7, 11) is 0. The van der Waals surface area contributed by atoms with Crippen LogP contribution in [0.2, 0.25) is 0 Å². The minimum Gasteiger partial charge on any atom is -0.494 e. The molecule has 1 amide bonds. The summed E-state index contributed by atoms with van der Waals surface area (Å²) >= 11 is 0. The van der Waals surface area contributed by atoms with Gasteiger partial charge in [-0.3, -0.25) is 19.5 Å². The molecule has 20 heavy (non-hydrogen) atoms. The largest absolute Gasteiger partial charge is 0.494 e. The quantitative estimate of drug-likeness (QED) is 0.569. The summed E-state index contributed by atoms with van der Waals surface area (Å²) in [5.41, 5.74) is 11.8. The molecule has 7 heteroatoms. The number of rotatable bonds is 3. The Labute approximate surface area is 115 Å². The summed E-state index contributed by atoms with van der Waals surface area (Å²) in [6, 6.07) is 2.59. The van der Waals surface area contributed by atoms with Gasteiger partial charge < -0.3 is 16.6 Å². The lowest BCUT2D eigenvalue weighted by atomic mass is 10.2. The third-order valence-electron chi connectivity index (χ3n) is 2.98. The highest BCUT2D eigenvalue weighted by molar-refractivity contribution is 5.80. The van der Waals surface area contributed by atoms with Gasteiger partial charge in [0.1, 0.15) is 5.82 Å². The summed E-state index contributed by atoms with van der Waals surface area (Å²) in [4.78, 5) is 26.4. The van der Waals surface area contributed by atoms with Crippen molar-refractivity contribution in [3.05, 3.63) is 46.0 Å². The summed E-state index contributed by atoms with van der Waals surface area (Å²) in [5.74, 6) is 0.0274. The monoisotopic (exact) mass is 276 g/mol. The van der Waals surface area contributed by atoms with Crippen LogP contribution >= 0.6 is 0 Å². The van der Waals surface area contributed by atoms with Crippen molar-refractivity contribution in [3.63, 3.8) is 0 Å². The van der Waals surface area contributed by atoms with E-state index in [0.29, 0.717) is 24.4 Å². The Kier molecular flexibility index (Phi) is 3.79. The molecule has 6 N–H and O–H groups in total. The fraction of sp³-hybridized carbons (Fsp3) is 0.231. The van der Waals surface area contributed by atoms with Crippen molar-refractivity contribution < 1.29 is 9.90 Å². The minimum absolute atomic E-state index is 0.0143. The molecule has 0 unspecified atom stereocenters. The van der Waals surface area contributed by atoms with Crippen LogP contribution in [0.3, 0.4) is 0 Å². The molecular formula is C13H16N4O3. The van der Waals surface area contributed by atoms with Crippen LogP contribution in [0.1, 0.15) is 18.4 Å². The Morgan fingerprint density at radius 1 is 1.30 bits per heavy atom. The standard InChI is InChI=1S/C13H16N4O3/c14-9(8-6-11(18)16-12(19)7-8)3-4-10(15)17-5-1-2-13(17)20/h3-4,6-7H,1-2,5,14-15H2,(H2,16,18,19)/b9-3-,10-4+. The first kappa shape index (κ1) is 13.7. The Morgan fingerprint density at radius 2 is 2.05 bits per heavy atom. The van der Waals surface area contributed by atoms with Crippen LogP contribution in [-0.2, 0) is 4.79 Å². The van der Waals surface area contributed by atoms with E-state index >= 15 is 0 Å². The molecular weight excluding hydrogens is 260 g/mol. The van der Waals surface area contributed by atoms with Gasteiger partial charge >= 0.3 is 0 Å². The minimum atomic E-state index is -0.456. The second-order valence-electron chi connectivity index (χ2n) is 4.48. The van der Waals surface area contributed by atoms with Crippen molar-refractivity contribution in [2.24, 2.45) is 11.5 Å². The summed E-state index contributed by atoms with van der Waals surface area (Å²) in [6.07, 6.45) is 4.29. The van der Waals surface area contributed by atoms with Crippen molar-refractivity contribution in [2.45, 2.75) is 12.8 Å². The fourth-order valence-corrected chi connectivity index (χ4v) is 1.98. The molecule has 2 rings (SSSR count). The molecule has 1 fully saturated rings. The lowest BCUT2D eigenvalue weighted by Gasteiger charge is -2.14. The van der Waals surface area contributed by atoms with Crippen molar-refractivity contribution in [2.75, 3.05) is 6.54 Å². The van der Waals surface area contributed by atoms with Crippen LogP contribution in [0.4, 0.5) is 0 Å². The maximum Gasteiger partial charge on any atom is 0.251 e. The number of nitrogens with one attached hydrogen (secondary N) is 1. The van der Waals surface area contributed by atoms with Gasteiger partial charge in [-0.2, -0.15) is 0 Å². The topological polar surface area (TPSA) is 125 Å². The highest BCUT2D eigenvalue weighted by Gasteiger charge is 2.21. The molecule has 0 saturated carbocycles. The molecule has 1 aromatic heterocycles. The van der Waals surface area contributed by atoms with Gasteiger partial charge in [-0.1, -0.05) is 0 Å². The number of nitrogens with zero attached hydrogens (tertiary/aromatic N) is 1. The van der Waals surface area contributed by atoms with Gasteiger partial charge in [0.15, 0.2) is 5.88 Å². The van der Waals surface area contributed by atoms with Crippen LogP contribution in [0.25, 0.3) is 5.70 Å². The fourth-order valence-electron chi connectivity index (χ4n) is 1.98. The molecule has 2 heterocycles. The van der Waals surface area contributed by atoms with Gasteiger partial charge in [0, 0.05) is 36.4 Å². The number of carbonyl (C=O) groups excluding carboxylic acids is 1. The second kappa shape index (κ2) is 5.52. The molecule has 0 atom stereocenters. The normalized spacial score (nSPS) is 16.8. The third-order valence-corrected chi connectivity index (χ3v) is 2.98. The van der Waals surface area contributed by atoms with E-state index in [-0.39, 0.29) is 17.5 Å². The number of hydrogen-bond donors (Lipinski definition) is 4. The number of amides is 1. The Bertz CT molecular complexity index is 645. The molecule has 0 aromatic carbocycles. The summed E-state index contributed by atoms with van der Waals surface area (Å²) < 4.78 is 0. The van der Waals surface area contributed by atoms with Crippen LogP contribution in [0.15, 0.2) is 34.9 Å². The van der Waals surface area contributed by atoms with E-state index in [9.17, 15) is 14.7 Å². The Morgan fingerprint density at radius 3 is 2.65 bits per heavy atom. The van der Waals surface area contributed by atoms with E-state index in [0.717, 1.165) is 6.42 Å². The zero-order valence-electron chi connectivity index (χ0n) is 10.8. The third kappa shape index (κ3) is 3.00. The highest BCUT2D eigenvalue weighted by Crippen LogP contribution is 2.15. The van der Waals surface area contributed by atoms with E-state index in [1.165, 1.54) is 29.2 Å². The van der Waals surface area contributed by atoms with Crippen LogP contribution in [-0.4, -0.2) is 27.4 Å². The predicted octanol–water partition coefficient (Wildman–Crippen LogP) is -0.197. The Balaban J connectivity index is 2.21. The number of likely N-dealkylation sites (tertiary alicyclic amines) is 1. The van der Waals surface area contributed by atoms with E-state index in [1.54, 1.807) is 0 Å². The zero-order chi connectivity index (χ0) is 14.7. The Hall–Kier alpha value is -2.70. The number of aromatic nitrogens is 1. The lowest BCUT2D eigenvalue weighted by Crippen LogP contribution is -2.28. The molecule has 0 aliphatic carbocycles. The molecule has 0 bridgehead atoms. The molecule has 7 nitrogen and oxygen atoms in total. The van der Waals surface area contributed by atoms with Gasteiger partial charge in [-0.25, -0.2) is 0 Å². The van der Waals surface area contributed by atoms with E-state index in [1.807, 2.05) is 0 Å². The maximum absolute atomic E-state index is 11.5. The number of aromatic amines is 1. The average molecular weight is 276 g/mol. The van der Waals surface area contributed by atoms with E-state index in [4.69, 9.17) is 11.5 Å². The smallest absolute Gasteiger partial charge is 0.251 e. The van der Waals surface area contributed by atoms with Crippen molar-refractivity contribution in [1.82, 2.24) is 9.88 Å². The number of allylic oxidation sites excluding steroid dienone is 2. The van der Waals surface area contributed by atoms with E-state index < -0.39 is 5.56 Å². The number of nitrogens with two attached hydrogens (primary N) is 2. The van der Waals surface area contributed by atoms with Gasteiger partial charge in [0.25, 0.3) is 5.56 Å². The summed E-state index contributed by atoms with van der Waals surface area (Å²) in [6.45, 7) is 0.598. The molecule has 1 aliphatic heterocycles. The van der Waals surface area contributed by atoms with Gasteiger partial charge in [-0.15, -0.1) is 0 Å². The predicted molar refractivity (Wildman–Crippen MR) is 74.1 cm³/mol. The molecule has 1 aromatic rings. The van der Waals surface area contributed by atoms with Crippen molar-refractivity contribution >= 4 is 11.6 Å². The summed E-state index contributed by atoms with van der Waals surface area (Å²) in [5, 5.41) is 9.30. The van der Waals surface area contributed by atoms with Gasteiger partial charge in [0.2, 0.25) is 5.91 Å². The average Bonchev–Trinajstić information content (AvgIpc) is 2.80. The maximum atomic E-state index is 11.5. The first-order valence-corrected chi connectivity index (χ1v) is 6.14. The van der Waals surface area contributed by atoms with Gasteiger partial charge in [0.05, 0.1) is 0 Å². The number of aromatic hydroxyl groups is 1. The number of carbonyl (C=O) groups is 1. The number of pyridine rings is 1. The van der Waals surface area contributed by atoms with Gasteiger partial charge in [-0.05, 0) is 18.6 Å². The first-order valence-electron chi connectivity index (χ1n) is 6.14. The van der Waals surface area contributed by atoms with Crippen LogP contribution < -0.4 is 17.0 Å². The zero-order valence-corrected chi connectivity index (χ0v) is 10.8. The molecule has 0 spiro atoms. The highest BCUT2D eigenvalue weighted by atomic mass is 16.3. The lowest BCUT2D eigenvalue weighted by molar-refractivity contribution is -0.126. The molecule has 106 valence electrons.